The summed E-state index contributed by atoms with van der Waals surface area (Å²) in [7, 11) is 0. The van der Waals surface area contributed by atoms with Crippen LogP contribution >= 0.6 is 22.7 Å². The first-order valence-corrected chi connectivity index (χ1v) is 9.47. The summed E-state index contributed by atoms with van der Waals surface area (Å²) in [5, 5.41) is 7.57. The molecule has 4 rings (SSSR count). The smallest absolute Gasteiger partial charge is 0.0901 e. The van der Waals surface area contributed by atoms with Gasteiger partial charge in [0.15, 0.2) is 0 Å². The van der Waals surface area contributed by atoms with Crippen LogP contribution in [0.25, 0.3) is 0 Å². The van der Waals surface area contributed by atoms with Crippen molar-refractivity contribution in [3.63, 3.8) is 0 Å². The second kappa shape index (κ2) is 6.37. The third-order valence-electron chi connectivity index (χ3n) is 4.53. The maximum Gasteiger partial charge on any atom is 0.0901 e. The molecule has 2 aromatic rings. The van der Waals surface area contributed by atoms with Gasteiger partial charge in [-0.1, -0.05) is 0 Å². The molecule has 0 aliphatic carbocycles. The van der Waals surface area contributed by atoms with Gasteiger partial charge in [-0.15, -0.1) is 11.3 Å². The zero-order valence-electron chi connectivity index (χ0n) is 12.6. The molecular weight excluding hydrogens is 316 g/mol. The second-order valence-corrected chi connectivity index (χ2v) is 7.88. The van der Waals surface area contributed by atoms with Crippen LogP contribution in [0.15, 0.2) is 22.2 Å². The molecule has 4 nitrogen and oxygen atoms in total. The molecule has 0 radical (unpaired) electrons. The van der Waals surface area contributed by atoms with Gasteiger partial charge in [0.2, 0.25) is 0 Å². The Morgan fingerprint density at radius 1 is 1.41 bits per heavy atom. The van der Waals surface area contributed by atoms with Crippen LogP contribution in [-0.4, -0.2) is 41.8 Å². The van der Waals surface area contributed by atoms with Crippen LogP contribution < -0.4 is 0 Å². The Bertz CT molecular complexity index is 613. The lowest BCUT2D eigenvalue weighted by atomic mass is 10.0. The van der Waals surface area contributed by atoms with Crippen molar-refractivity contribution >= 4 is 22.7 Å². The van der Waals surface area contributed by atoms with Gasteiger partial charge in [-0.3, -0.25) is 4.90 Å². The Hall–Kier alpha value is -0.790. The molecule has 0 amide bonds. The minimum atomic E-state index is 0.258. The summed E-state index contributed by atoms with van der Waals surface area (Å²) in [4.78, 5) is 7.01. The van der Waals surface area contributed by atoms with E-state index in [1.165, 1.54) is 5.56 Å². The number of hydrogen-bond donors (Lipinski definition) is 0. The zero-order chi connectivity index (χ0) is 14.9. The SMILES string of the molecule is Cc1nc(CO[C@@H]2CN(Cc3ccsc3)[C@@H]3COC[C@@H]32)cs1. The van der Waals surface area contributed by atoms with Crippen molar-refractivity contribution < 1.29 is 9.47 Å². The lowest BCUT2D eigenvalue weighted by Gasteiger charge is -2.21. The van der Waals surface area contributed by atoms with Gasteiger partial charge in [0.05, 0.1) is 36.6 Å². The molecule has 2 aromatic heterocycles. The van der Waals surface area contributed by atoms with Gasteiger partial charge in [0.1, 0.15) is 0 Å². The monoisotopic (exact) mass is 336 g/mol. The number of rotatable bonds is 5. The molecule has 0 bridgehead atoms. The Kier molecular flexibility index (Phi) is 4.28. The quantitative estimate of drug-likeness (QED) is 0.841. The lowest BCUT2D eigenvalue weighted by Crippen LogP contribution is -2.32. The van der Waals surface area contributed by atoms with E-state index in [0.29, 0.717) is 18.6 Å². The van der Waals surface area contributed by atoms with Gasteiger partial charge < -0.3 is 9.47 Å². The van der Waals surface area contributed by atoms with E-state index < -0.39 is 0 Å². The molecule has 118 valence electrons. The average molecular weight is 336 g/mol. The predicted molar refractivity (Wildman–Crippen MR) is 88.3 cm³/mol. The molecule has 0 unspecified atom stereocenters. The molecule has 0 saturated carbocycles. The lowest BCUT2D eigenvalue weighted by molar-refractivity contribution is 0.00757. The van der Waals surface area contributed by atoms with Gasteiger partial charge in [-0.05, 0) is 29.3 Å². The van der Waals surface area contributed by atoms with Crippen LogP contribution in [0.4, 0.5) is 0 Å². The molecule has 4 heterocycles. The van der Waals surface area contributed by atoms with Crippen LogP contribution in [0.1, 0.15) is 16.3 Å². The molecule has 6 heteroatoms. The summed E-state index contributed by atoms with van der Waals surface area (Å²) >= 11 is 3.45. The largest absolute Gasteiger partial charge is 0.379 e. The highest BCUT2D eigenvalue weighted by Crippen LogP contribution is 2.33. The van der Waals surface area contributed by atoms with Crippen molar-refractivity contribution in [2.24, 2.45) is 5.92 Å². The van der Waals surface area contributed by atoms with E-state index in [1.807, 2.05) is 6.92 Å². The molecule has 0 N–H and O–H groups in total. The first kappa shape index (κ1) is 14.8. The van der Waals surface area contributed by atoms with E-state index in [-0.39, 0.29) is 6.10 Å². The molecule has 2 saturated heterocycles. The minimum Gasteiger partial charge on any atom is -0.379 e. The highest BCUT2D eigenvalue weighted by atomic mass is 32.1. The van der Waals surface area contributed by atoms with Crippen LogP contribution in [0.5, 0.6) is 0 Å². The van der Waals surface area contributed by atoms with Gasteiger partial charge in [-0.2, -0.15) is 11.3 Å². The maximum atomic E-state index is 6.19. The third-order valence-corrected chi connectivity index (χ3v) is 6.09. The van der Waals surface area contributed by atoms with Crippen molar-refractivity contribution in [1.82, 2.24) is 9.88 Å². The fourth-order valence-electron chi connectivity index (χ4n) is 3.43. The topological polar surface area (TPSA) is 34.6 Å². The van der Waals surface area contributed by atoms with E-state index in [0.717, 1.165) is 37.0 Å². The Balaban J connectivity index is 1.40. The number of hydrogen-bond acceptors (Lipinski definition) is 6. The number of thiazole rings is 1. The summed E-state index contributed by atoms with van der Waals surface area (Å²) < 4.78 is 11.9. The third kappa shape index (κ3) is 2.98. The van der Waals surface area contributed by atoms with Crippen LogP contribution in [0.2, 0.25) is 0 Å². The van der Waals surface area contributed by atoms with E-state index in [2.05, 4.69) is 32.1 Å². The Morgan fingerprint density at radius 2 is 2.36 bits per heavy atom. The fraction of sp³-hybridized carbons (Fsp3) is 0.562. The van der Waals surface area contributed by atoms with Crippen molar-refractivity contribution in [3.8, 4) is 0 Å². The normalized spacial score (nSPS) is 28.3. The molecule has 0 spiro atoms. The molecule has 3 atom stereocenters. The number of likely N-dealkylation sites (tertiary alicyclic amines) is 1. The second-order valence-electron chi connectivity index (χ2n) is 6.04. The number of fused-ring (bicyclic) bond motifs is 1. The van der Waals surface area contributed by atoms with Crippen molar-refractivity contribution in [3.05, 3.63) is 38.5 Å². The molecule has 2 aliphatic rings. The van der Waals surface area contributed by atoms with Crippen LogP contribution in [-0.2, 0) is 22.6 Å². The summed E-state index contributed by atoms with van der Waals surface area (Å²) in [5.41, 5.74) is 2.45. The summed E-state index contributed by atoms with van der Waals surface area (Å²) in [6, 6.07) is 2.71. The number of aromatic nitrogens is 1. The molecule has 22 heavy (non-hydrogen) atoms. The van der Waals surface area contributed by atoms with Crippen molar-refractivity contribution in [2.75, 3.05) is 19.8 Å². The Morgan fingerprint density at radius 3 is 3.14 bits per heavy atom. The number of ether oxygens (including phenoxy) is 2. The highest BCUT2D eigenvalue weighted by Gasteiger charge is 2.45. The van der Waals surface area contributed by atoms with Crippen molar-refractivity contribution in [1.29, 1.82) is 0 Å². The van der Waals surface area contributed by atoms with E-state index in [1.54, 1.807) is 22.7 Å². The van der Waals surface area contributed by atoms with Gasteiger partial charge in [0.25, 0.3) is 0 Å². The molecule has 2 aliphatic heterocycles. The zero-order valence-corrected chi connectivity index (χ0v) is 14.2. The van der Waals surface area contributed by atoms with E-state index in [9.17, 15) is 0 Å². The Labute approximate surface area is 138 Å². The predicted octanol–water partition coefficient (Wildman–Crippen LogP) is 2.93. The summed E-state index contributed by atoms with van der Waals surface area (Å²) in [6.45, 7) is 6.31. The van der Waals surface area contributed by atoms with Gasteiger partial charge >= 0.3 is 0 Å². The summed E-state index contributed by atoms with van der Waals surface area (Å²) in [5.74, 6) is 0.498. The number of nitrogens with zero attached hydrogens (tertiary/aromatic N) is 2. The van der Waals surface area contributed by atoms with Gasteiger partial charge in [-0.25, -0.2) is 4.98 Å². The van der Waals surface area contributed by atoms with Crippen molar-refractivity contribution in [2.45, 2.75) is 32.2 Å². The maximum absolute atomic E-state index is 6.19. The first-order chi connectivity index (χ1) is 10.8. The average Bonchev–Trinajstić information content (AvgIpc) is 3.24. The van der Waals surface area contributed by atoms with Crippen LogP contribution in [0.3, 0.4) is 0 Å². The standard InChI is InChI=1S/C16H20N2O2S2/c1-11-17-13(10-22-11)6-20-16-5-18(4-12-2-3-21-9-12)15-8-19-7-14(15)16/h2-3,9-10,14-16H,4-8H2,1H3/t14-,15+,16+/m0/s1. The van der Waals surface area contributed by atoms with Crippen LogP contribution in [0, 0.1) is 12.8 Å². The van der Waals surface area contributed by atoms with E-state index >= 15 is 0 Å². The number of aryl methyl sites for hydroxylation is 1. The van der Waals surface area contributed by atoms with Gasteiger partial charge in [0, 0.05) is 30.4 Å². The van der Waals surface area contributed by atoms with E-state index in [4.69, 9.17) is 9.47 Å². The highest BCUT2D eigenvalue weighted by molar-refractivity contribution is 7.09. The minimum absolute atomic E-state index is 0.258. The number of thiophene rings is 1. The fourth-order valence-corrected chi connectivity index (χ4v) is 4.69. The first-order valence-electron chi connectivity index (χ1n) is 7.65. The molecule has 2 fully saturated rings. The molecule has 0 aromatic carbocycles. The summed E-state index contributed by atoms with van der Waals surface area (Å²) in [6.07, 6.45) is 0.258. The molecular formula is C16H20N2O2S2.